The number of para-hydroxylation sites is 1. The minimum Gasteiger partial charge on any atom is -0.388 e. The molecule has 1 unspecified atom stereocenters. The Morgan fingerprint density at radius 3 is 2.48 bits per heavy atom. The number of aromatic nitrogens is 2. The fraction of sp³-hybridized carbons (Fsp3) is 0.188. The van der Waals surface area contributed by atoms with E-state index < -0.39 is 6.10 Å². The van der Waals surface area contributed by atoms with Gasteiger partial charge in [0.2, 0.25) is 0 Å². The Kier molecular flexibility index (Phi) is 3.89. The van der Waals surface area contributed by atoms with Gasteiger partial charge in [-0.3, -0.25) is 4.68 Å². The largest absolute Gasteiger partial charge is 0.388 e. The summed E-state index contributed by atoms with van der Waals surface area (Å²) in [6.07, 6.45) is -0.422. The maximum Gasteiger partial charge on any atom is 0.0875 e. The molecular formula is C16H14Cl2N2O. The molecule has 0 bridgehead atoms. The van der Waals surface area contributed by atoms with Crippen LogP contribution in [0.25, 0.3) is 10.9 Å². The first kappa shape index (κ1) is 14.4. The van der Waals surface area contributed by atoms with Gasteiger partial charge in [0.25, 0.3) is 0 Å². The quantitative estimate of drug-likeness (QED) is 0.787. The van der Waals surface area contributed by atoms with Crippen molar-refractivity contribution < 1.29 is 5.11 Å². The molecule has 1 heterocycles. The maximum absolute atomic E-state index is 10.5. The molecule has 0 fully saturated rings. The summed E-state index contributed by atoms with van der Waals surface area (Å²) >= 11 is 12.3. The Bertz CT molecular complexity index is 778. The summed E-state index contributed by atoms with van der Waals surface area (Å²) in [4.78, 5) is 0. The van der Waals surface area contributed by atoms with Crippen LogP contribution in [0.1, 0.15) is 17.4 Å². The molecule has 0 amide bonds. The molecule has 1 atom stereocenters. The number of fused-ring (bicyclic) bond motifs is 1. The molecule has 3 rings (SSSR count). The molecule has 0 aliphatic rings. The summed E-state index contributed by atoms with van der Waals surface area (Å²) in [6, 6.07) is 13.1. The van der Waals surface area contributed by atoms with E-state index in [0.29, 0.717) is 22.0 Å². The zero-order chi connectivity index (χ0) is 15.0. The number of hydrogen-bond donors (Lipinski definition) is 1. The molecule has 0 saturated heterocycles. The van der Waals surface area contributed by atoms with Crippen LogP contribution >= 0.6 is 23.2 Å². The highest BCUT2D eigenvalue weighted by Crippen LogP contribution is 2.33. The van der Waals surface area contributed by atoms with Crippen molar-refractivity contribution in [2.24, 2.45) is 7.05 Å². The van der Waals surface area contributed by atoms with Crippen molar-refractivity contribution in [3.05, 3.63) is 63.8 Å². The van der Waals surface area contributed by atoms with Crippen molar-refractivity contribution in [1.82, 2.24) is 9.78 Å². The van der Waals surface area contributed by atoms with Crippen molar-refractivity contribution >= 4 is 34.1 Å². The first-order chi connectivity index (χ1) is 10.1. The second-order valence-corrected chi connectivity index (χ2v) is 5.76. The molecule has 0 radical (unpaired) electrons. The van der Waals surface area contributed by atoms with Crippen molar-refractivity contribution in [3.63, 3.8) is 0 Å². The first-order valence-corrected chi connectivity index (χ1v) is 7.36. The van der Waals surface area contributed by atoms with Crippen LogP contribution in [-0.2, 0) is 13.5 Å². The van der Waals surface area contributed by atoms with E-state index in [1.807, 2.05) is 36.0 Å². The lowest BCUT2D eigenvalue weighted by Crippen LogP contribution is -2.05. The third-order valence-corrected chi connectivity index (χ3v) is 4.21. The molecule has 1 N–H and O–H groups in total. The monoisotopic (exact) mass is 320 g/mol. The second kappa shape index (κ2) is 5.68. The van der Waals surface area contributed by atoms with Gasteiger partial charge < -0.3 is 5.11 Å². The molecule has 2 aromatic carbocycles. The van der Waals surface area contributed by atoms with Crippen LogP contribution in [-0.4, -0.2) is 14.9 Å². The summed E-state index contributed by atoms with van der Waals surface area (Å²) in [6.45, 7) is 0. The molecule has 0 aliphatic carbocycles. The average Bonchev–Trinajstić information content (AvgIpc) is 2.76. The summed E-state index contributed by atoms with van der Waals surface area (Å²) in [5, 5.41) is 16.9. The molecule has 1 aromatic heterocycles. The third kappa shape index (κ3) is 2.64. The Morgan fingerprint density at radius 2 is 1.76 bits per heavy atom. The lowest BCUT2D eigenvalue weighted by Gasteiger charge is -2.13. The standard InChI is InChI=1S/C16H14Cl2N2O/c1-20-14-8-3-2-5-10(14)13(19-20)9-15(21)16-11(17)6-4-7-12(16)18/h2-8,15,21H,9H2,1H3. The number of aliphatic hydroxyl groups is 1. The summed E-state index contributed by atoms with van der Waals surface area (Å²) in [7, 11) is 1.89. The van der Waals surface area contributed by atoms with Crippen LogP contribution in [0.2, 0.25) is 10.0 Å². The van der Waals surface area contributed by atoms with E-state index in [2.05, 4.69) is 5.10 Å². The van der Waals surface area contributed by atoms with Gasteiger partial charge in [0.1, 0.15) is 0 Å². The Labute approximate surface area is 132 Å². The zero-order valence-corrected chi connectivity index (χ0v) is 12.9. The molecule has 0 saturated carbocycles. The van der Waals surface area contributed by atoms with E-state index >= 15 is 0 Å². The number of hydrogen-bond acceptors (Lipinski definition) is 2. The van der Waals surface area contributed by atoms with Gasteiger partial charge in [-0.25, -0.2) is 0 Å². The highest BCUT2D eigenvalue weighted by Gasteiger charge is 2.19. The minimum atomic E-state index is -0.787. The normalized spacial score (nSPS) is 12.8. The van der Waals surface area contributed by atoms with Gasteiger partial charge in [-0.15, -0.1) is 0 Å². The lowest BCUT2D eigenvalue weighted by molar-refractivity contribution is 0.177. The summed E-state index contributed by atoms with van der Waals surface area (Å²) < 4.78 is 1.81. The van der Waals surface area contributed by atoms with Crippen molar-refractivity contribution in [2.45, 2.75) is 12.5 Å². The maximum atomic E-state index is 10.5. The van der Waals surface area contributed by atoms with E-state index in [1.165, 1.54) is 0 Å². The lowest BCUT2D eigenvalue weighted by atomic mass is 10.0. The SMILES string of the molecule is Cn1nc(CC(O)c2c(Cl)cccc2Cl)c2ccccc21. The van der Waals surface area contributed by atoms with Crippen molar-refractivity contribution in [3.8, 4) is 0 Å². The fourth-order valence-electron chi connectivity index (χ4n) is 2.55. The minimum absolute atomic E-state index is 0.366. The first-order valence-electron chi connectivity index (χ1n) is 6.60. The van der Waals surface area contributed by atoms with Gasteiger partial charge in [0, 0.05) is 34.5 Å². The molecular weight excluding hydrogens is 307 g/mol. The van der Waals surface area contributed by atoms with Gasteiger partial charge in [0.15, 0.2) is 0 Å². The number of aliphatic hydroxyl groups excluding tert-OH is 1. The molecule has 0 spiro atoms. The van der Waals surface area contributed by atoms with Crippen LogP contribution in [0, 0.1) is 0 Å². The molecule has 108 valence electrons. The van der Waals surface area contributed by atoms with E-state index in [9.17, 15) is 5.11 Å². The Hall–Kier alpha value is -1.55. The zero-order valence-electron chi connectivity index (χ0n) is 11.4. The summed E-state index contributed by atoms with van der Waals surface area (Å²) in [5.74, 6) is 0. The topological polar surface area (TPSA) is 38.0 Å². The fourth-order valence-corrected chi connectivity index (χ4v) is 3.20. The number of nitrogens with zero attached hydrogens (tertiary/aromatic N) is 2. The number of aryl methyl sites for hydroxylation is 1. The van der Waals surface area contributed by atoms with Gasteiger partial charge in [-0.2, -0.15) is 5.10 Å². The van der Waals surface area contributed by atoms with E-state index in [1.54, 1.807) is 18.2 Å². The van der Waals surface area contributed by atoms with Crippen LogP contribution in [0.4, 0.5) is 0 Å². The molecule has 0 aliphatic heterocycles. The van der Waals surface area contributed by atoms with Crippen molar-refractivity contribution in [1.29, 1.82) is 0 Å². The third-order valence-electron chi connectivity index (χ3n) is 3.55. The number of halogens is 2. The van der Waals surface area contributed by atoms with Crippen LogP contribution in [0.15, 0.2) is 42.5 Å². The van der Waals surface area contributed by atoms with Gasteiger partial charge in [-0.1, -0.05) is 47.5 Å². The van der Waals surface area contributed by atoms with Gasteiger partial charge in [0.05, 0.1) is 17.3 Å². The van der Waals surface area contributed by atoms with E-state index in [4.69, 9.17) is 23.2 Å². The van der Waals surface area contributed by atoms with Crippen LogP contribution < -0.4 is 0 Å². The second-order valence-electron chi connectivity index (χ2n) is 4.94. The smallest absolute Gasteiger partial charge is 0.0875 e. The molecule has 5 heteroatoms. The van der Waals surface area contributed by atoms with E-state index in [-0.39, 0.29) is 0 Å². The van der Waals surface area contributed by atoms with Gasteiger partial charge in [-0.05, 0) is 18.2 Å². The molecule has 21 heavy (non-hydrogen) atoms. The number of benzene rings is 2. The number of rotatable bonds is 3. The highest BCUT2D eigenvalue weighted by atomic mass is 35.5. The summed E-state index contributed by atoms with van der Waals surface area (Å²) in [5.41, 5.74) is 2.41. The van der Waals surface area contributed by atoms with Crippen LogP contribution in [0.5, 0.6) is 0 Å². The van der Waals surface area contributed by atoms with E-state index in [0.717, 1.165) is 16.6 Å². The highest BCUT2D eigenvalue weighted by molar-refractivity contribution is 6.36. The van der Waals surface area contributed by atoms with Crippen molar-refractivity contribution in [2.75, 3.05) is 0 Å². The Morgan fingerprint density at radius 1 is 1.10 bits per heavy atom. The van der Waals surface area contributed by atoms with Crippen LogP contribution in [0.3, 0.4) is 0 Å². The predicted octanol–water partition coefficient (Wildman–Crippen LogP) is 4.16. The predicted molar refractivity (Wildman–Crippen MR) is 85.8 cm³/mol. The average molecular weight is 321 g/mol. The molecule has 3 aromatic rings. The van der Waals surface area contributed by atoms with Gasteiger partial charge >= 0.3 is 0 Å². The molecule has 3 nitrogen and oxygen atoms in total. The Balaban J connectivity index is 1.99.